The van der Waals surface area contributed by atoms with Crippen molar-refractivity contribution in [3.8, 4) is 0 Å². The normalized spacial score (nSPS) is 10.6. The second-order valence-corrected chi connectivity index (χ2v) is 6.08. The molecule has 0 unspecified atom stereocenters. The molecule has 27 heavy (non-hydrogen) atoms. The van der Waals surface area contributed by atoms with E-state index < -0.39 is 5.97 Å². The number of carbonyl (C=O) groups excluding carboxylic acids is 2. The molecule has 7 nitrogen and oxygen atoms in total. The van der Waals surface area contributed by atoms with Crippen LogP contribution in [0.2, 0.25) is 0 Å². The Balaban J connectivity index is 1.70. The molecule has 0 bridgehead atoms. The molecule has 2 aromatic carbocycles. The van der Waals surface area contributed by atoms with Crippen molar-refractivity contribution in [1.29, 1.82) is 0 Å². The molecule has 0 fully saturated rings. The Labute approximate surface area is 155 Å². The summed E-state index contributed by atoms with van der Waals surface area (Å²) in [5.41, 5.74) is 2.26. The summed E-state index contributed by atoms with van der Waals surface area (Å²) in [5.74, 6) is -0.747. The summed E-state index contributed by atoms with van der Waals surface area (Å²) in [6.07, 6.45) is 1.56. The van der Waals surface area contributed by atoms with Crippen LogP contribution in [0.3, 0.4) is 0 Å². The number of nitrogens with zero attached hydrogens (tertiary/aromatic N) is 2. The molecule has 0 aliphatic carbocycles. The van der Waals surface area contributed by atoms with E-state index in [1.54, 1.807) is 24.3 Å². The number of carbonyl (C=O) groups is 2. The maximum absolute atomic E-state index is 12.5. The number of amides is 1. The van der Waals surface area contributed by atoms with Gasteiger partial charge in [0.15, 0.2) is 0 Å². The number of ether oxygens (including phenoxy) is 1. The van der Waals surface area contributed by atoms with Gasteiger partial charge in [-0.15, -0.1) is 0 Å². The lowest BCUT2D eigenvalue weighted by Gasteiger charge is -2.09. The van der Waals surface area contributed by atoms with E-state index in [0.29, 0.717) is 22.2 Å². The molecule has 0 atom stereocenters. The highest BCUT2D eigenvalue weighted by Gasteiger charge is 2.10. The van der Waals surface area contributed by atoms with Crippen LogP contribution in [0.4, 0.5) is 5.69 Å². The molecule has 0 saturated heterocycles. The molecule has 1 aromatic heterocycles. The van der Waals surface area contributed by atoms with E-state index in [2.05, 4.69) is 15.0 Å². The predicted octanol–water partition coefficient (Wildman–Crippen LogP) is 2.52. The Kier molecular flexibility index (Phi) is 5.30. The van der Waals surface area contributed by atoms with Gasteiger partial charge in [-0.05, 0) is 36.8 Å². The second-order valence-electron chi connectivity index (χ2n) is 6.08. The van der Waals surface area contributed by atoms with Gasteiger partial charge in [-0.1, -0.05) is 18.2 Å². The smallest absolute Gasteiger partial charge is 0.337 e. The first-order valence-electron chi connectivity index (χ1n) is 8.42. The first kappa shape index (κ1) is 18.3. The molecule has 7 heteroatoms. The van der Waals surface area contributed by atoms with E-state index in [9.17, 15) is 14.4 Å². The van der Waals surface area contributed by atoms with Crippen molar-refractivity contribution in [3.05, 3.63) is 70.3 Å². The largest absolute Gasteiger partial charge is 0.465 e. The molecular formula is C20H19N3O4. The van der Waals surface area contributed by atoms with Crippen molar-refractivity contribution in [3.63, 3.8) is 0 Å². The number of fused-ring (bicyclic) bond motifs is 1. The summed E-state index contributed by atoms with van der Waals surface area (Å²) in [7, 11) is 1.30. The minimum atomic E-state index is -0.477. The van der Waals surface area contributed by atoms with E-state index in [4.69, 9.17) is 0 Å². The fourth-order valence-electron chi connectivity index (χ4n) is 2.78. The van der Waals surface area contributed by atoms with Gasteiger partial charge < -0.3 is 10.1 Å². The minimum Gasteiger partial charge on any atom is -0.465 e. The molecule has 1 amide bonds. The molecule has 3 rings (SSSR count). The maximum atomic E-state index is 12.5. The summed E-state index contributed by atoms with van der Waals surface area (Å²) in [5, 5.41) is 3.25. The Morgan fingerprint density at radius 2 is 1.96 bits per heavy atom. The van der Waals surface area contributed by atoms with Gasteiger partial charge in [0.05, 0.1) is 29.9 Å². The third kappa shape index (κ3) is 4.03. The zero-order valence-corrected chi connectivity index (χ0v) is 15.1. The Hall–Kier alpha value is -3.48. The fraction of sp³-hybridized carbons (Fsp3) is 0.200. The number of benzene rings is 2. The topological polar surface area (TPSA) is 90.3 Å². The SMILES string of the molecule is COC(=O)c1cccc(NC(=O)CCn2cnc3c(C)cccc3c2=O)c1. The van der Waals surface area contributed by atoms with Crippen LogP contribution in [0.5, 0.6) is 0 Å². The van der Waals surface area contributed by atoms with Crippen molar-refractivity contribution < 1.29 is 14.3 Å². The Bertz CT molecular complexity index is 1070. The maximum Gasteiger partial charge on any atom is 0.337 e. The van der Waals surface area contributed by atoms with Gasteiger partial charge in [0, 0.05) is 18.7 Å². The third-order valence-electron chi connectivity index (χ3n) is 4.20. The average molecular weight is 365 g/mol. The monoisotopic (exact) mass is 365 g/mol. The summed E-state index contributed by atoms with van der Waals surface area (Å²) < 4.78 is 6.08. The lowest BCUT2D eigenvalue weighted by molar-refractivity contribution is -0.116. The molecule has 1 N–H and O–H groups in total. The van der Waals surface area contributed by atoms with Crippen LogP contribution in [0.1, 0.15) is 22.3 Å². The van der Waals surface area contributed by atoms with Crippen molar-refractivity contribution in [1.82, 2.24) is 9.55 Å². The zero-order valence-electron chi connectivity index (χ0n) is 15.1. The third-order valence-corrected chi connectivity index (χ3v) is 4.20. The van der Waals surface area contributed by atoms with Crippen LogP contribution < -0.4 is 10.9 Å². The van der Waals surface area contributed by atoms with Gasteiger partial charge in [-0.3, -0.25) is 14.2 Å². The summed E-state index contributed by atoms with van der Waals surface area (Å²) >= 11 is 0. The number of rotatable bonds is 5. The van der Waals surface area contributed by atoms with E-state index in [-0.39, 0.29) is 24.4 Å². The van der Waals surface area contributed by atoms with Gasteiger partial charge in [0.25, 0.3) is 5.56 Å². The van der Waals surface area contributed by atoms with Gasteiger partial charge in [0.1, 0.15) is 0 Å². The van der Waals surface area contributed by atoms with Crippen molar-refractivity contribution in [2.24, 2.45) is 0 Å². The van der Waals surface area contributed by atoms with E-state index in [1.807, 2.05) is 19.1 Å². The van der Waals surface area contributed by atoms with Gasteiger partial charge in [-0.2, -0.15) is 0 Å². The molecule has 0 aliphatic rings. The highest BCUT2D eigenvalue weighted by Crippen LogP contribution is 2.13. The van der Waals surface area contributed by atoms with Crippen LogP contribution >= 0.6 is 0 Å². The molecule has 0 radical (unpaired) electrons. The number of methoxy groups -OCH3 is 1. The molecule has 1 heterocycles. The number of hydrogen-bond acceptors (Lipinski definition) is 5. The molecule has 0 spiro atoms. The zero-order chi connectivity index (χ0) is 19.4. The minimum absolute atomic E-state index is 0.0986. The number of hydrogen-bond donors (Lipinski definition) is 1. The summed E-state index contributed by atoms with van der Waals surface area (Å²) in [6, 6.07) is 11.9. The Morgan fingerprint density at radius 3 is 2.74 bits per heavy atom. The molecular weight excluding hydrogens is 346 g/mol. The molecule has 0 saturated carbocycles. The lowest BCUT2D eigenvalue weighted by Crippen LogP contribution is -2.24. The number of aromatic nitrogens is 2. The number of para-hydroxylation sites is 1. The van der Waals surface area contributed by atoms with Crippen LogP contribution in [-0.4, -0.2) is 28.5 Å². The van der Waals surface area contributed by atoms with Crippen molar-refractivity contribution in [2.75, 3.05) is 12.4 Å². The van der Waals surface area contributed by atoms with Crippen molar-refractivity contribution >= 4 is 28.5 Å². The molecule has 0 aliphatic heterocycles. The summed E-state index contributed by atoms with van der Waals surface area (Å²) in [4.78, 5) is 40.6. The Morgan fingerprint density at radius 1 is 1.19 bits per heavy atom. The number of esters is 1. The number of nitrogens with one attached hydrogen (secondary N) is 1. The quantitative estimate of drug-likeness (QED) is 0.702. The lowest BCUT2D eigenvalue weighted by atomic mass is 10.1. The van der Waals surface area contributed by atoms with E-state index in [1.165, 1.54) is 24.1 Å². The highest BCUT2D eigenvalue weighted by atomic mass is 16.5. The number of aryl methyl sites for hydroxylation is 2. The van der Waals surface area contributed by atoms with Gasteiger partial charge >= 0.3 is 5.97 Å². The van der Waals surface area contributed by atoms with Crippen LogP contribution in [-0.2, 0) is 16.1 Å². The standard InChI is InChI=1S/C20H19N3O4/c1-13-5-3-8-16-18(13)21-12-23(19(16)25)10-9-17(24)22-15-7-4-6-14(11-15)20(26)27-2/h3-8,11-12H,9-10H2,1-2H3,(H,22,24). The van der Waals surface area contributed by atoms with Gasteiger partial charge in [-0.25, -0.2) is 9.78 Å². The molecule has 138 valence electrons. The predicted molar refractivity (Wildman–Crippen MR) is 102 cm³/mol. The van der Waals surface area contributed by atoms with E-state index >= 15 is 0 Å². The second kappa shape index (κ2) is 7.82. The van der Waals surface area contributed by atoms with Gasteiger partial charge in [0.2, 0.25) is 5.91 Å². The summed E-state index contributed by atoms with van der Waals surface area (Å²) in [6.45, 7) is 2.10. The highest BCUT2D eigenvalue weighted by molar-refractivity contribution is 5.94. The number of anilines is 1. The van der Waals surface area contributed by atoms with Crippen LogP contribution in [0, 0.1) is 6.92 Å². The first-order chi connectivity index (χ1) is 13.0. The van der Waals surface area contributed by atoms with Crippen LogP contribution in [0.15, 0.2) is 53.6 Å². The first-order valence-corrected chi connectivity index (χ1v) is 8.42. The molecule has 3 aromatic rings. The fourth-order valence-corrected chi connectivity index (χ4v) is 2.78. The van der Waals surface area contributed by atoms with Crippen molar-refractivity contribution in [2.45, 2.75) is 19.9 Å². The van der Waals surface area contributed by atoms with Crippen LogP contribution in [0.25, 0.3) is 10.9 Å². The average Bonchev–Trinajstić information content (AvgIpc) is 2.67. The van der Waals surface area contributed by atoms with E-state index in [0.717, 1.165) is 5.56 Å².